The molecule has 0 spiro atoms. The van der Waals surface area contributed by atoms with E-state index in [1.54, 1.807) is 7.11 Å². The zero-order valence-electron chi connectivity index (χ0n) is 12.2. The molecule has 0 bridgehead atoms. The van der Waals surface area contributed by atoms with Gasteiger partial charge in [0.2, 0.25) is 5.89 Å². The first kappa shape index (κ1) is 13.9. The van der Waals surface area contributed by atoms with Crippen molar-refractivity contribution in [2.75, 3.05) is 7.11 Å². The summed E-state index contributed by atoms with van der Waals surface area (Å²) in [6.45, 7) is 4.34. The summed E-state index contributed by atoms with van der Waals surface area (Å²) in [5.41, 5.74) is 2.74. The summed E-state index contributed by atoms with van der Waals surface area (Å²) < 4.78 is 12.9. The van der Waals surface area contributed by atoms with Gasteiger partial charge in [-0.25, -0.2) is 9.97 Å². The Balaban J connectivity index is 2.10. The number of ether oxygens (including phenoxy) is 1. The van der Waals surface area contributed by atoms with Crippen molar-refractivity contribution in [2.24, 2.45) is 0 Å². The van der Waals surface area contributed by atoms with Crippen LogP contribution in [0.1, 0.15) is 23.2 Å². The standard InChI is InChI=1S/C15H16ClN3O2/c1-9-10(2)21-15(17-9)8-19-13-6-11(20-3)4-5-12(13)18-14(19)7-16/h4-6H,7-8H2,1-3H3. The molecule has 0 aliphatic carbocycles. The Kier molecular flexibility index (Phi) is 3.59. The van der Waals surface area contributed by atoms with Crippen molar-refractivity contribution in [1.29, 1.82) is 0 Å². The lowest BCUT2D eigenvalue weighted by Gasteiger charge is -2.05. The Labute approximate surface area is 127 Å². The third kappa shape index (κ3) is 2.49. The predicted molar refractivity (Wildman–Crippen MR) is 80.9 cm³/mol. The SMILES string of the molecule is COc1ccc2nc(CCl)n(Cc3nc(C)c(C)o3)c2c1. The van der Waals surface area contributed by atoms with Crippen molar-refractivity contribution in [2.45, 2.75) is 26.3 Å². The van der Waals surface area contributed by atoms with Crippen LogP contribution >= 0.6 is 11.6 Å². The van der Waals surface area contributed by atoms with Crippen LogP contribution in [-0.2, 0) is 12.4 Å². The second kappa shape index (κ2) is 5.41. The minimum atomic E-state index is 0.329. The third-order valence-electron chi connectivity index (χ3n) is 3.52. The van der Waals surface area contributed by atoms with Gasteiger partial charge < -0.3 is 13.7 Å². The second-order valence-corrected chi connectivity index (χ2v) is 5.12. The van der Waals surface area contributed by atoms with Crippen LogP contribution in [0.2, 0.25) is 0 Å². The van der Waals surface area contributed by atoms with Crippen LogP contribution in [0.4, 0.5) is 0 Å². The Morgan fingerprint density at radius 3 is 2.71 bits per heavy atom. The number of aromatic nitrogens is 3. The van der Waals surface area contributed by atoms with Gasteiger partial charge in [0, 0.05) is 6.07 Å². The highest BCUT2D eigenvalue weighted by Crippen LogP contribution is 2.24. The average molecular weight is 306 g/mol. The van der Waals surface area contributed by atoms with E-state index >= 15 is 0 Å². The summed E-state index contributed by atoms with van der Waals surface area (Å²) in [5.74, 6) is 3.38. The van der Waals surface area contributed by atoms with Crippen LogP contribution in [0.15, 0.2) is 22.6 Å². The molecule has 2 heterocycles. The molecule has 2 aromatic heterocycles. The van der Waals surface area contributed by atoms with Gasteiger partial charge in [-0.05, 0) is 26.0 Å². The van der Waals surface area contributed by atoms with Gasteiger partial charge in [-0.2, -0.15) is 0 Å². The molecule has 1 aromatic carbocycles. The fraction of sp³-hybridized carbons (Fsp3) is 0.333. The maximum atomic E-state index is 6.01. The lowest BCUT2D eigenvalue weighted by atomic mass is 10.3. The highest BCUT2D eigenvalue weighted by atomic mass is 35.5. The van der Waals surface area contributed by atoms with Gasteiger partial charge in [-0.15, -0.1) is 11.6 Å². The van der Waals surface area contributed by atoms with E-state index in [1.165, 1.54) is 0 Å². The van der Waals surface area contributed by atoms with Crippen LogP contribution in [0.25, 0.3) is 11.0 Å². The molecule has 0 aliphatic rings. The van der Waals surface area contributed by atoms with Crippen LogP contribution in [0.5, 0.6) is 5.75 Å². The van der Waals surface area contributed by atoms with Gasteiger partial charge in [-0.3, -0.25) is 0 Å². The zero-order chi connectivity index (χ0) is 15.0. The maximum Gasteiger partial charge on any atom is 0.214 e. The number of alkyl halides is 1. The molecule has 0 aliphatic heterocycles. The number of aryl methyl sites for hydroxylation is 2. The molecule has 0 saturated carbocycles. The molecule has 110 valence electrons. The molecule has 0 saturated heterocycles. The van der Waals surface area contributed by atoms with Gasteiger partial charge in [0.15, 0.2) is 0 Å². The van der Waals surface area contributed by atoms with E-state index in [4.69, 9.17) is 20.8 Å². The van der Waals surface area contributed by atoms with E-state index in [9.17, 15) is 0 Å². The lowest BCUT2D eigenvalue weighted by molar-refractivity contribution is 0.415. The molecule has 0 radical (unpaired) electrons. The minimum absolute atomic E-state index is 0.329. The fourth-order valence-electron chi connectivity index (χ4n) is 2.30. The first-order chi connectivity index (χ1) is 10.1. The molecular formula is C15H16ClN3O2. The lowest BCUT2D eigenvalue weighted by Crippen LogP contribution is -2.04. The molecule has 5 nitrogen and oxygen atoms in total. The molecule has 0 unspecified atom stereocenters. The van der Waals surface area contributed by atoms with E-state index in [0.717, 1.165) is 34.1 Å². The van der Waals surface area contributed by atoms with E-state index in [1.807, 2.05) is 36.6 Å². The number of oxazole rings is 1. The largest absolute Gasteiger partial charge is 0.497 e. The van der Waals surface area contributed by atoms with Crippen molar-refractivity contribution in [3.05, 3.63) is 41.4 Å². The second-order valence-electron chi connectivity index (χ2n) is 4.85. The molecule has 0 fully saturated rings. The number of halogens is 1. The highest BCUT2D eigenvalue weighted by Gasteiger charge is 2.14. The van der Waals surface area contributed by atoms with Gasteiger partial charge in [0.05, 0.1) is 29.7 Å². The van der Waals surface area contributed by atoms with E-state index in [0.29, 0.717) is 18.3 Å². The average Bonchev–Trinajstić information content (AvgIpc) is 2.99. The topological polar surface area (TPSA) is 53.1 Å². The molecule has 0 amide bonds. The van der Waals surface area contributed by atoms with Gasteiger partial charge in [-0.1, -0.05) is 0 Å². The first-order valence-corrected chi connectivity index (χ1v) is 7.18. The third-order valence-corrected chi connectivity index (χ3v) is 3.76. The smallest absolute Gasteiger partial charge is 0.214 e. The Hall–Kier alpha value is -2.01. The zero-order valence-corrected chi connectivity index (χ0v) is 12.9. The normalized spacial score (nSPS) is 11.2. The predicted octanol–water partition coefficient (Wildman–Crippen LogP) is 3.44. The number of nitrogens with zero attached hydrogens (tertiary/aromatic N) is 3. The quantitative estimate of drug-likeness (QED) is 0.693. The van der Waals surface area contributed by atoms with E-state index in [-0.39, 0.29) is 0 Å². The Bertz CT molecular complexity index is 772. The van der Waals surface area contributed by atoms with E-state index in [2.05, 4.69) is 9.97 Å². The maximum absolute atomic E-state index is 6.01. The molecule has 6 heteroatoms. The van der Waals surface area contributed by atoms with E-state index < -0.39 is 0 Å². The summed E-state index contributed by atoms with van der Waals surface area (Å²) in [5, 5.41) is 0. The summed E-state index contributed by atoms with van der Waals surface area (Å²) in [4.78, 5) is 8.96. The van der Waals surface area contributed by atoms with Gasteiger partial charge in [0.1, 0.15) is 23.9 Å². The molecule has 21 heavy (non-hydrogen) atoms. The van der Waals surface area contributed by atoms with Crippen LogP contribution in [0.3, 0.4) is 0 Å². The summed E-state index contributed by atoms with van der Waals surface area (Å²) in [6, 6.07) is 5.75. The van der Waals surface area contributed by atoms with Gasteiger partial charge in [0.25, 0.3) is 0 Å². The van der Waals surface area contributed by atoms with Crippen LogP contribution in [-0.4, -0.2) is 21.6 Å². The minimum Gasteiger partial charge on any atom is -0.497 e. The summed E-state index contributed by atoms with van der Waals surface area (Å²) in [7, 11) is 1.64. The molecule has 0 atom stereocenters. The van der Waals surface area contributed by atoms with Gasteiger partial charge >= 0.3 is 0 Å². The molecule has 3 rings (SSSR count). The first-order valence-electron chi connectivity index (χ1n) is 6.64. The summed E-state index contributed by atoms with van der Waals surface area (Å²) >= 11 is 6.01. The summed E-state index contributed by atoms with van der Waals surface area (Å²) in [6.07, 6.45) is 0. The number of imidazole rings is 1. The van der Waals surface area contributed by atoms with Crippen molar-refractivity contribution in [3.63, 3.8) is 0 Å². The number of hydrogen-bond acceptors (Lipinski definition) is 4. The van der Waals surface area contributed by atoms with Crippen LogP contribution < -0.4 is 4.74 Å². The molecular weight excluding hydrogens is 290 g/mol. The van der Waals surface area contributed by atoms with Crippen LogP contribution in [0, 0.1) is 13.8 Å². The van der Waals surface area contributed by atoms with Crippen molar-refractivity contribution < 1.29 is 9.15 Å². The molecule has 3 aromatic rings. The van der Waals surface area contributed by atoms with Crippen molar-refractivity contribution in [3.8, 4) is 5.75 Å². The number of methoxy groups -OCH3 is 1. The molecule has 0 N–H and O–H groups in total. The Morgan fingerprint density at radius 1 is 1.29 bits per heavy atom. The number of benzene rings is 1. The number of hydrogen-bond donors (Lipinski definition) is 0. The highest BCUT2D eigenvalue weighted by molar-refractivity contribution is 6.16. The Morgan fingerprint density at radius 2 is 2.10 bits per heavy atom. The van der Waals surface area contributed by atoms with Crippen molar-refractivity contribution in [1.82, 2.24) is 14.5 Å². The van der Waals surface area contributed by atoms with Crippen molar-refractivity contribution >= 4 is 22.6 Å². The number of fused-ring (bicyclic) bond motifs is 1. The monoisotopic (exact) mass is 305 g/mol. The number of rotatable bonds is 4. The fourth-order valence-corrected chi connectivity index (χ4v) is 2.50.